The Labute approximate surface area is 121 Å². The summed E-state index contributed by atoms with van der Waals surface area (Å²) in [6.07, 6.45) is 1.84. The molecule has 1 aromatic rings. The van der Waals surface area contributed by atoms with E-state index in [0.29, 0.717) is 5.75 Å². The van der Waals surface area contributed by atoms with Crippen LogP contribution in [0.5, 0.6) is 0 Å². The highest BCUT2D eigenvalue weighted by Gasteiger charge is 2.26. The molecule has 0 saturated heterocycles. The van der Waals surface area contributed by atoms with Gasteiger partial charge in [0.2, 0.25) is 15.8 Å². The van der Waals surface area contributed by atoms with Crippen LogP contribution in [-0.2, 0) is 10.0 Å². The van der Waals surface area contributed by atoms with Crippen LogP contribution in [0.3, 0.4) is 0 Å². The molecule has 0 bridgehead atoms. The molecule has 112 valence electrons. The first-order chi connectivity index (χ1) is 9.21. The molecule has 0 atom stereocenters. The van der Waals surface area contributed by atoms with E-state index in [9.17, 15) is 22.9 Å². The number of nitro benzene ring substituents is 1. The molecule has 0 spiro atoms. The Morgan fingerprint density at radius 1 is 1.45 bits per heavy atom. The lowest BCUT2D eigenvalue weighted by molar-refractivity contribution is -0.387. The van der Waals surface area contributed by atoms with E-state index in [0.717, 1.165) is 16.4 Å². The number of benzene rings is 1. The first-order valence-electron chi connectivity index (χ1n) is 5.61. The molecule has 0 aromatic heterocycles. The molecule has 1 aromatic carbocycles. The molecule has 0 unspecified atom stereocenters. The van der Waals surface area contributed by atoms with Crippen LogP contribution >= 0.6 is 11.8 Å². The van der Waals surface area contributed by atoms with Crippen LogP contribution in [0.1, 0.15) is 5.56 Å². The minimum atomic E-state index is -3.86. The summed E-state index contributed by atoms with van der Waals surface area (Å²) in [4.78, 5) is 9.55. The predicted molar refractivity (Wildman–Crippen MR) is 76.0 cm³/mol. The molecule has 0 heterocycles. The van der Waals surface area contributed by atoms with E-state index in [1.165, 1.54) is 25.7 Å². The van der Waals surface area contributed by atoms with Crippen molar-refractivity contribution in [2.24, 2.45) is 0 Å². The van der Waals surface area contributed by atoms with Crippen molar-refractivity contribution in [3.8, 4) is 0 Å². The Morgan fingerprint density at radius 3 is 2.55 bits per heavy atom. The molecule has 9 heteroatoms. The van der Waals surface area contributed by atoms with Gasteiger partial charge in [-0.25, -0.2) is 12.7 Å². The third-order valence-corrected chi connectivity index (χ3v) is 5.15. The van der Waals surface area contributed by atoms with Crippen LogP contribution in [0.15, 0.2) is 17.0 Å². The van der Waals surface area contributed by atoms with Crippen molar-refractivity contribution in [3.63, 3.8) is 0 Å². The lowest BCUT2D eigenvalue weighted by atomic mass is 10.2. The summed E-state index contributed by atoms with van der Waals surface area (Å²) < 4.78 is 39.2. The first kappa shape index (κ1) is 16.9. The van der Waals surface area contributed by atoms with Crippen molar-refractivity contribution in [1.82, 2.24) is 4.31 Å². The van der Waals surface area contributed by atoms with Gasteiger partial charge in [-0.15, -0.1) is 0 Å². The highest BCUT2D eigenvalue weighted by atomic mass is 32.2. The second-order valence-corrected chi connectivity index (χ2v) is 7.18. The monoisotopic (exact) mass is 322 g/mol. The van der Waals surface area contributed by atoms with E-state index in [2.05, 4.69) is 0 Å². The Bertz CT molecular complexity index is 619. The largest absolute Gasteiger partial charge is 0.306 e. The number of aryl methyl sites for hydroxylation is 1. The van der Waals surface area contributed by atoms with Gasteiger partial charge in [0, 0.05) is 25.4 Å². The second-order valence-electron chi connectivity index (χ2n) is 4.15. The fraction of sp³-hybridized carbons (Fsp3) is 0.455. The summed E-state index contributed by atoms with van der Waals surface area (Å²) in [6, 6.07) is 1.86. The molecule has 0 radical (unpaired) electrons. The van der Waals surface area contributed by atoms with Gasteiger partial charge in [0.25, 0.3) is 0 Å². The summed E-state index contributed by atoms with van der Waals surface area (Å²) in [5.41, 5.74) is -0.905. The van der Waals surface area contributed by atoms with Crippen LogP contribution in [0.4, 0.5) is 10.1 Å². The van der Waals surface area contributed by atoms with E-state index >= 15 is 0 Å². The van der Waals surface area contributed by atoms with Crippen LogP contribution in [0, 0.1) is 22.9 Å². The van der Waals surface area contributed by atoms with Crippen molar-refractivity contribution in [3.05, 3.63) is 33.6 Å². The molecule has 0 aliphatic heterocycles. The number of hydrogen-bond donors (Lipinski definition) is 0. The topological polar surface area (TPSA) is 80.5 Å². The molecular formula is C11H15FN2O4S2. The maximum Gasteiger partial charge on any atom is 0.306 e. The van der Waals surface area contributed by atoms with Gasteiger partial charge in [-0.3, -0.25) is 10.1 Å². The van der Waals surface area contributed by atoms with Crippen molar-refractivity contribution in [2.75, 3.05) is 25.6 Å². The minimum absolute atomic E-state index is 0.0731. The van der Waals surface area contributed by atoms with E-state index < -0.39 is 26.5 Å². The van der Waals surface area contributed by atoms with Gasteiger partial charge < -0.3 is 0 Å². The quantitative estimate of drug-likeness (QED) is 0.591. The molecule has 20 heavy (non-hydrogen) atoms. The number of sulfonamides is 1. The maximum atomic E-state index is 13.6. The van der Waals surface area contributed by atoms with Gasteiger partial charge in [0.15, 0.2) is 0 Å². The second kappa shape index (κ2) is 6.51. The van der Waals surface area contributed by atoms with Crippen LogP contribution in [-0.4, -0.2) is 43.2 Å². The summed E-state index contributed by atoms with van der Waals surface area (Å²) >= 11 is 1.48. The molecule has 0 saturated carbocycles. The Hall–Kier alpha value is -1.19. The maximum absolute atomic E-state index is 13.6. The Kier molecular flexibility index (Phi) is 5.49. The van der Waals surface area contributed by atoms with Gasteiger partial charge >= 0.3 is 5.69 Å². The molecule has 0 N–H and O–H groups in total. The van der Waals surface area contributed by atoms with Crippen LogP contribution in [0.25, 0.3) is 0 Å². The third kappa shape index (κ3) is 3.47. The summed E-state index contributed by atoms with van der Waals surface area (Å²) in [5, 5.41) is 10.7. The Balaban J connectivity index is 3.29. The zero-order valence-electron chi connectivity index (χ0n) is 11.3. The van der Waals surface area contributed by atoms with E-state index in [-0.39, 0.29) is 17.0 Å². The lowest BCUT2D eigenvalue weighted by Crippen LogP contribution is -2.29. The molecular weight excluding hydrogens is 307 g/mol. The van der Waals surface area contributed by atoms with Crippen LogP contribution < -0.4 is 0 Å². The first-order valence-corrected chi connectivity index (χ1v) is 8.45. The van der Waals surface area contributed by atoms with E-state index in [4.69, 9.17) is 0 Å². The minimum Gasteiger partial charge on any atom is -0.258 e. The van der Waals surface area contributed by atoms with Crippen molar-refractivity contribution < 1.29 is 17.7 Å². The van der Waals surface area contributed by atoms with Crippen LogP contribution in [0.2, 0.25) is 0 Å². The molecule has 0 amide bonds. The molecule has 1 rings (SSSR count). The number of halogens is 1. The molecule has 0 aliphatic rings. The number of hydrogen-bond acceptors (Lipinski definition) is 5. The zero-order chi connectivity index (χ0) is 15.5. The summed E-state index contributed by atoms with van der Waals surface area (Å²) in [6.45, 7) is 1.57. The number of nitrogens with zero attached hydrogens (tertiary/aromatic N) is 2. The fourth-order valence-electron chi connectivity index (χ4n) is 1.52. The molecule has 0 fully saturated rings. The highest BCUT2D eigenvalue weighted by molar-refractivity contribution is 7.98. The average Bonchev–Trinajstić information content (AvgIpc) is 2.38. The van der Waals surface area contributed by atoms with E-state index in [1.54, 1.807) is 0 Å². The van der Waals surface area contributed by atoms with Gasteiger partial charge in [0.1, 0.15) is 0 Å². The molecule has 6 nitrogen and oxygen atoms in total. The number of thioether (sulfide) groups is 1. The number of rotatable bonds is 6. The zero-order valence-corrected chi connectivity index (χ0v) is 12.9. The van der Waals surface area contributed by atoms with E-state index in [1.807, 2.05) is 6.26 Å². The smallest absolute Gasteiger partial charge is 0.258 e. The van der Waals surface area contributed by atoms with Gasteiger partial charge in [-0.1, -0.05) is 0 Å². The number of nitro groups is 1. The fourth-order valence-corrected chi connectivity index (χ4v) is 3.37. The standard InChI is InChI=1S/C11H15FN2O4S2/c1-8-6-9(7-10(11(8)12)14(15)16)20(17,18)13(2)4-5-19-3/h6-7H,4-5H2,1-3H3. The van der Waals surface area contributed by atoms with Gasteiger partial charge in [0.05, 0.1) is 9.82 Å². The third-order valence-electron chi connectivity index (χ3n) is 2.72. The predicted octanol–water partition coefficient (Wildman–Crippen LogP) is 2.03. The van der Waals surface area contributed by atoms with Gasteiger partial charge in [-0.05, 0) is 24.8 Å². The normalized spacial score (nSPS) is 11.8. The van der Waals surface area contributed by atoms with Crippen molar-refractivity contribution >= 4 is 27.5 Å². The Morgan fingerprint density at radius 2 is 2.05 bits per heavy atom. The van der Waals surface area contributed by atoms with Gasteiger partial charge in [-0.2, -0.15) is 16.2 Å². The molecule has 0 aliphatic carbocycles. The van der Waals surface area contributed by atoms with Crippen molar-refractivity contribution in [2.45, 2.75) is 11.8 Å². The SMILES string of the molecule is CSCCN(C)S(=O)(=O)c1cc(C)c(F)c([N+](=O)[O-])c1. The highest BCUT2D eigenvalue weighted by Crippen LogP contribution is 2.26. The summed E-state index contributed by atoms with van der Waals surface area (Å²) in [5.74, 6) is -0.418. The summed E-state index contributed by atoms with van der Waals surface area (Å²) in [7, 11) is -2.47. The average molecular weight is 322 g/mol. The lowest BCUT2D eigenvalue weighted by Gasteiger charge is -2.17. The van der Waals surface area contributed by atoms with Crippen molar-refractivity contribution in [1.29, 1.82) is 0 Å².